The van der Waals surface area contributed by atoms with Crippen LogP contribution in [0.2, 0.25) is 0 Å². The highest BCUT2D eigenvalue weighted by molar-refractivity contribution is 7.98. The van der Waals surface area contributed by atoms with E-state index in [0.717, 1.165) is 6.54 Å². The molecule has 0 spiro atoms. The Balaban J connectivity index is 1.98. The van der Waals surface area contributed by atoms with Crippen molar-refractivity contribution >= 4 is 17.4 Å². The first-order chi connectivity index (χ1) is 8.33. The topological polar surface area (TPSA) is 38.0 Å². The fourth-order valence-corrected chi connectivity index (χ4v) is 2.99. The van der Waals surface area contributed by atoms with Crippen molar-refractivity contribution in [1.29, 1.82) is 0 Å². The molecule has 0 heterocycles. The minimum atomic E-state index is 0.564. The predicted octanol–water partition coefficient (Wildman–Crippen LogP) is 3.34. The number of nitrogens with one attached hydrogen (secondary N) is 1. The second-order valence-corrected chi connectivity index (χ2v) is 5.64. The Kier molecular flexibility index (Phi) is 4.75. The molecular formula is C14H22N2S. The van der Waals surface area contributed by atoms with Crippen molar-refractivity contribution in [3.8, 4) is 0 Å². The molecule has 1 aliphatic carbocycles. The second-order valence-electron chi connectivity index (χ2n) is 4.76. The molecule has 1 fully saturated rings. The van der Waals surface area contributed by atoms with Crippen LogP contribution in [0.1, 0.15) is 25.7 Å². The quantitative estimate of drug-likeness (QED) is 0.805. The molecule has 0 bridgehead atoms. The third-order valence-corrected chi connectivity index (χ3v) is 4.40. The summed E-state index contributed by atoms with van der Waals surface area (Å²) in [6, 6.07) is 9.26. The van der Waals surface area contributed by atoms with Crippen molar-refractivity contribution < 1.29 is 0 Å². The lowest BCUT2D eigenvalue weighted by Gasteiger charge is -2.32. The average Bonchev–Trinajstić information content (AvgIpc) is 2.40. The van der Waals surface area contributed by atoms with E-state index in [4.69, 9.17) is 5.73 Å². The van der Waals surface area contributed by atoms with Gasteiger partial charge in [-0.15, -0.1) is 11.8 Å². The van der Waals surface area contributed by atoms with Gasteiger partial charge in [-0.3, -0.25) is 0 Å². The fourth-order valence-electron chi connectivity index (χ4n) is 2.58. The van der Waals surface area contributed by atoms with E-state index in [9.17, 15) is 0 Å². The van der Waals surface area contributed by atoms with E-state index >= 15 is 0 Å². The number of nitrogens with two attached hydrogens (primary N) is 1. The summed E-state index contributed by atoms with van der Waals surface area (Å²) < 4.78 is 0. The number of anilines is 1. The summed E-state index contributed by atoms with van der Waals surface area (Å²) in [5.41, 5.74) is 7.08. The third-order valence-electron chi connectivity index (χ3n) is 3.65. The molecule has 0 radical (unpaired) electrons. The normalized spacial score (nSPS) is 24.6. The van der Waals surface area contributed by atoms with Crippen LogP contribution in [0.3, 0.4) is 0 Å². The zero-order valence-electron chi connectivity index (χ0n) is 10.5. The molecule has 2 nitrogen and oxygen atoms in total. The molecule has 2 unspecified atom stereocenters. The number of rotatable bonds is 4. The number of benzene rings is 1. The lowest BCUT2D eigenvalue weighted by Crippen LogP contribution is -2.36. The predicted molar refractivity (Wildman–Crippen MR) is 76.6 cm³/mol. The van der Waals surface area contributed by atoms with Crippen molar-refractivity contribution in [2.45, 2.75) is 36.6 Å². The van der Waals surface area contributed by atoms with Crippen LogP contribution in [0.5, 0.6) is 0 Å². The first-order valence-corrected chi connectivity index (χ1v) is 7.66. The van der Waals surface area contributed by atoms with Gasteiger partial charge in [0.2, 0.25) is 0 Å². The monoisotopic (exact) mass is 250 g/mol. The van der Waals surface area contributed by atoms with E-state index < -0.39 is 0 Å². The molecular weight excluding hydrogens is 228 g/mol. The summed E-state index contributed by atoms with van der Waals surface area (Å²) in [5, 5.41) is 3.64. The van der Waals surface area contributed by atoms with E-state index in [0.29, 0.717) is 12.0 Å². The molecule has 2 rings (SSSR count). The standard InChI is InChI=1S/C14H22N2S/c1-17-13-8-6-12(7-9-13)16-14-5-3-2-4-11(14)10-15/h6-9,11,14,16H,2-5,10,15H2,1H3. The molecule has 2 atom stereocenters. The molecule has 3 N–H and O–H groups in total. The zero-order valence-corrected chi connectivity index (χ0v) is 11.3. The van der Waals surface area contributed by atoms with Crippen LogP contribution in [0, 0.1) is 5.92 Å². The van der Waals surface area contributed by atoms with Gasteiger partial charge in [0.1, 0.15) is 0 Å². The highest BCUT2D eigenvalue weighted by Crippen LogP contribution is 2.27. The van der Waals surface area contributed by atoms with E-state index in [1.54, 1.807) is 11.8 Å². The van der Waals surface area contributed by atoms with E-state index in [1.165, 1.54) is 36.3 Å². The summed E-state index contributed by atoms with van der Waals surface area (Å²) in [7, 11) is 0. The van der Waals surface area contributed by atoms with Crippen molar-refractivity contribution in [1.82, 2.24) is 0 Å². The van der Waals surface area contributed by atoms with E-state index in [1.807, 2.05) is 0 Å². The summed E-state index contributed by atoms with van der Waals surface area (Å²) >= 11 is 1.78. The van der Waals surface area contributed by atoms with Crippen LogP contribution in [0.15, 0.2) is 29.2 Å². The van der Waals surface area contributed by atoms with E-state index in [-0.39, 0.29) is 0 Å². The Morgan fingerprint density at radius 2 is 1.94 bits per heavy atom. The third kappa shape index (κ3) is 3.39. The first-order valence-electron chi connectivity index (χ1n) is 6.44. The lowest BCUT2D eigenvalue weighted by molar-refractivity contribution is 0.332. The number of hydrogen-bond acceptors (Lipinski definition) is 3. The molecule has 0 saturated heterocycles. The Morgan fingerprint density at radius 3 is 2.59 bits per heavy atom. The number of thioether (sulfide) groups is 1. The fraction of sp³-hybridized carbons (Fsp3) is 0.571. The Labute approximate surface area is 108 Å². The lowest BCUT2D eigenvalue weighted by atomic mass is 9.84. The zero-order chi connectivity index (χ0) is 12.1. The molecule has 0 aromatic heterocycles. The molecule has 94 valence electrons. The molecule has 1 aromatic rings. The molecule has 0 amide bonds. The van der Waals surface area contributed by atoms with E-state index in [2.05, 4.69) is 35.8 Å². The van der Waals surface area contributed by atoms with Gasteiger partial charge in [0.25, 0.3) is 0 Å². The molecule has 1 aliphatic rings. The largest absolute Gasteiger partial charge is 0.382 e. The second kappa shape index (κ2) is 6.31. The maximum atomic E-state index is 5.85. The van der Waals surface area contributed by atoms with Crippen molar-refractivity contribution in [2.75, 3.05) is 18.1 Å². The summed E-state index contributed by atoms with van der Waals surface area (Å²) in [6.45, 7) is 0.806. The van der Waals surface area contributed by atoms with Crippen molar-refractivity contribution in [2.24, 2.45) is 11.7 Å². The van der Waals surface area contributed by atoms with Crippen LogP contribution in [-0.4, -0.2) is 18.8 Å². The van der Waals surface area contributed by atoms with Crippen LogP contribution >= 0.6 is 11.8 Å². The van der Waals surface area contributed by atoms with Crippen LogP contribution in [0.25, 0.3) is 0 Å². The summed E-state index contributed by atoms with van der Waals surface area (Å²) in [4.78, 5) is 1.31. The van der Waals surface area contributed by atoms with Gasteiger partial charge >= 0.3 is 0 Å². The first kappa shape index (κ1) is 12.8. The Hall–Kier alpha value is -0.670. The average molecular weight is 250 g/mol. The van der Waals surface area contributed by atoms with Gasteiger partial charge in [0.15, 0.2) is 0 Å². The van der Waals surface area contributed by atoms with Gasteiger partial charge in [-0.2, -0.15) is 0 Å². The highest BCUT2D eigenvalue weighted by Gasteiger charge is 2.23. The van der Waals surface area contributed by atoms with Gasteiger partial charge in [-0.1, -0.05) is 12.8 Å². The molecule has 1 aromatic carbocycles. The highest BCUT2D eigenvalue weighted by atomic mass is 32.2. The maximum Gasteiger partial charge on any atom is 0.0343 e. The van der Waals surface area contributed by atoms with Gasteiger partial charge in [-0.25, -0.2) is 0 Å². The number of hydrogen-bond donors (Lipinski definition) is 2. The molecule has 1 saturated carbocycles. The molecule has 0 aliphatic heterocycles. The Morgan fingerprint density at radius 1 is 1.24 bits per heavy atom. The molecule has 17 heavy (non-hydrogen) atoms. The SMILES string of the molecule is CSc1ccc(NC2CCCCC2CN)cc1. The maximum absolute atomic E-state index is 5.85. The van der Waals surface area contributed by atoms with Gasteiger partial charge < -0.3 is 11.1 Å². The summed E-state index contributed by atoms with van der Waals surface area (Å²) in [6.07, 6.45) is 7.31. The van der Waals surface area contributed by atoms with Gasteiger partial charge in [-0.05, 0) is 55.8 Å². The molecule has 3 heteroatoms. The van der Waals surface area contributed by atoms with Gasteiger partial charge in [0.05, 0.1) is 0 Å². The smallest absolute Gasteiger partial charge is 0.0343 e. The van der Waals surface area contributed by atoms with Crippen LogP contribution < -0.4 is 11.1 Å². The van der Waals surface area contributed by atoms with Crippen molar-refractivity contribution in [3.05, 3.63) is 24.3 Å². The van der Waals surface area contributed by atoms with Crippen LogP contribution in [0.4, 0.5) is 5.69 Å². The Bertz CT molecular complexity index is 337. The van der Waals surface area contributed by atoms with Crippen molar-refractivity contribution in [3.63, 3.8) is 0 Å². The summed E-state index contributed by atoms with van der Waals surface area (Å²) in [5.74, 6) is 0.643. The van der Waals surface area contributed by atoms with Gasteiger partial charge in [0, 0.05) is 16.6 Å². The minimum Gasteiger partial charge on any atom is -0.382 e. The van der Waals surface area contributed by atoms with Crippen LogP contribution in [-0.2, 0) is 0 Å². The minimum absolute atomic E-state index is 0.564.